The van der Waals surface area contributed by atoms with Crippen molar-refractivity contribution >= 4 is 16.8 Å². The Morgan fingerprint density at radius 2 is 2.19 bits per heavy atom. The summed E-state index contributed by atoms with van der Waals surface area (Å²) in [5, 5.41) is 4.32. The van der Waals surface area contributed by atoms with E-state index in [9.17, 15) is 4.79 Å². The Morgan fingerprint density at radius 1 is 1.31 bits per heavy atom. The molecule has 1 saturated heterocycles. The van der Waals surface area contributed by atoms with E-state index >= 15 is 0 Å². The van der Waals surface area contributed by atoms with Gasteiger partial charge in [-0.25, -0.2) is 4.98 Å². The number of hydrogen-bond acceptors (Lipinski definition) is 3. The Bertz CT molecular complexity index is 896. The van der Waals surface area contributed by atoms with Crippen LogP contribution in [0.3, 0.4) is 0 Å². The number of carbonyl (C=O) groups excluding carboxylic acids is 1. The number of nitrogens with zero attached hydrogens (tertiary/aromatic N) is 2. The number of likely N-dealkylation sites (tertiary alicyclic amines) is 1. The monoisotopic (exact) mass is 351 g/mol. The predicted octanol–water partition coefficient (Wildman–Crippen LogP) is 2.92. The number of fused-ring (bicyclic) bond motifs is 1. The van der Waals surface area contributed by atoms with Gasteiger partial charge in [0.1, 0.15) is 5.82 Å². The number of carbonyl (C=O) groups is 1. The van der Waals surface area contributed by atoms with Crippen molar-refractivity contribution in [2.45, 2.75) is 32.9 Å². The van der Waals surface area contributed by atoms with Crippen LogP contribution in [0.4, 0.5) is 0 Å². The van der Waals surface area contributed by atoms with Crippen molar-refractivity contribution in [1.82, 2.24) is 25.2 Å². The fraction of sp³-hybridized carbons (Fsp3) is 0.400. The SMILES string of the molecule is CC1(C)CN(Cc2ncc[nH]2)CCC1NC(=O)c1ccc2[nH]ccc2c1. The highest BCUT2D eigenvalue weighted by molar-refractivity contribution is 5.98. The number of piperidine rings is 1. The standard InChI is InChI=1S/C20H25N5O/c1-20(2)13-25(12-18-22-8-9-23-18)10-6-17(20)24-19(26)15-3-4-16-14(11-15)5-7-21-16/h3-5,7-9,11,17,21H,6,10,12-13H2,1-2H3,(H,22,23)(H,24,26). The highest BCUT2D eigenvalue weighted by Gasteiger charge is 2.37. The summed E-state index contributed by atoms with van der Waals surface area (Å²) in [5.41, 5.74) is 1.76. The molecule has 0 radical (unpaired) electrons. The first-order chi connectivity index (χ1) is 12.5. The molecule has 1 atom stereocenters. The number of amides is 1. The molecule has 1 aromatic carbocycles. The molecule has 6 nitrogen and oxygen atoms in total. The molecule has 3 heterocycles. The first-order valence-corrected chi connectivity index (χ1v) is 9.10. The molecule has 1 amide bonds. The number of hydrogen-bond donors (Lipinski definition) is 3. The van der Waals surface area contributed by atoms with Gasteiger partial charge in [-0.2, -0.15) is 0 Å². The summed E-state index contributed by atoms with van der Waals surface area (Å²) < 4.78 is 0. The summed E-state index contributed by atoms with van der Waals surface area (Å²) >= 11 is 0. The summed E-state index contributed by atoms with van der Waals surface area (Å²) in [7, 11) is 0. The van der Waals surface area contributed by atoms with E-state index in [-0.39, 0.29) is 17.4 Å². The Balaban J connectivity index is 1.42. The molecule has 0 bridgehead atoms. The average molecular weight is 351 g/mol. The third-order valence-corrected chi connectivity index (χ3v) is 5.36. The first kappa shape index (κ1) is 16.8. The maximum absolute atomic E-state index is 12.8. The molecule has 4 rings (SSSR count). The van der Waals surface area contributed by atoms with Gasteiger partial charge in [-0.1, -0.05) is 13.8 Å². The molecule has 1 fully saturated rings. The van der Waals surface area contributed by atoms with Crippen LogP contribution in [0.15, 0.2) is 42.9 Å². The summed E-state index contributed by atoms with van der Waals surface area (Å²) in [6, 6.07) is 7.93. The number of nitrogens with one attached hydrogen (secondary N) is 3. The van der Waals surface area contributed by atoms with E-state index in [0.717, 1.165) is 42.8 Å². The minimum Gasteiger partial charge on any atom is -0.361 e. The lowest BCUT2D eigenvalue weighted by Gasteiger charge is -2.44. The van der Waals surface area contributed by atoms with Crippen LogP contribution in [0.25, 0.3) is 10.9 Å². The molecule has 3 N–H and O–H groups in total. The van der Waals surface area contributed by atoms with Crippen LogP contribution in [0.1, 0.15) is 36.5 Å². The van der Waals surface area contributed by atoms with Crippen molar-refractivity contribution in [1.29, 1.82) is 0 Å². The number of benzene rings is 1. The Morgan fingerprint density at radius 3 is 2.96 bits per heavy atom. The van der Waals surface area contributed by atoms with E-state index in [0.29, 0.717) is 5.56 Å². The van der Waals surface area contributed by atoms with Gasteiger partial charge >= 0.3 is 0 Å². The molecule has 0 spiro atoms. The van der Waals surface area contributed by atoms with Crippen LogP contribution in [-0.4, -0.2) is 44.9 Å². The van der Waals surface area contributed by atoms with Crippen molar-refractivity contribution in [2.75, 3.05) is 13.1 Å². The molecule has 6 heteroatoms. The van der Waals surface area contributed by atoms with E-state index < -0.39 is 0 Å². The van der Waals surface area contributed by atoms with E-state index in [2.05, 4.69) is 39.0 Å². The Kier molecular flexibility index (Phi) is 4.28. The number of H-pyrrole nitrogens is 2. The lowest BCUT2D eigenvalue weighted by atomic mass is 9.79. The molecule has 136 valence electrons. The predicted molar refractivity (Wildman–Crippen MR) is 102 cm³/mol. The molecule has 0 saturated carbocycles. The lowest BCUT2D eigenvalue weighted by molar-refractivity contribution is 0.0607. The summed E-state index contributed by atoms with van der Waals surface area (Å²) in [5.74, 6) is 0.994. The molecular weight excluding hydrogens is 326 g/mol. The van der Waals surface area contributed by atoms with Crippen LogP contribution in [0.2, 0.25) is 0 Å². The van der Waals surface area contributed by atoms with Gasteiger partial charge in [-0.3, -0.25) is 9.69 Å². The number of rotatable bonds is 4. The highest BCUT2D eigenvalue weighted by Crippen LogP contribution is 2.30. The van der Waals surface area contributed by atoms with Gasteiger partial charge in [0, 0.05) is 54.2 Å². The van der Waals surface area contributed by atoms with Gasteiger partial charge in [0.25, 0.3) is 5.91 Å². The quantitative estimate of drug-likeness (QED) is 0.676. The Labute approximate surface area is 153 Å². The minimum atomic E-state index is -0.00130. The van der Waals surface area contributed by atoms with E-state index in [1.165, 1.54) is 0 Å². The molecule has 3 aromatic rings. The number of imidazole rings is 1. The first-order valence-electron chi connectivity index (χ1n) is 9.10. The molecule has 1 aliphatic rings. The van der Waals surface area contributed by atoms with Crippen molar-refractivity contribution in [2.24, 2.45) is 5.41 Å². The minimum absolute atomic E-state index is 0.00130. The fourth-order valence-electron chi connectivity index (χ4n) is 3.90. The largest absolute Gasteiger partial charge is 0.361 e. The zero-order valence-corrected chi connectivity index (χ0v) is 15.2. The van der Waals surface area contributed by atoms with E-state index in [1.807, 2.05) is 36.7 Å². The number of aromatic amines is 2. The maximum atomic E-state index is 12.8. The molecular formula is C20H25N5O. The van der Waals surface area contributed by atoms with Crippen molar-refractivity contribution in [3.8, 4) is 0 Å². The van der Waals surface area contributed by atoms with Gasteiger partial charge in [-0.05, 0) is 36.1 Å². The second-order valence-corrected chi connectivity index (χ2v) is 7.83. The molecule has 2 aromatic heterocycles. The van der Waals surface area contributed by atoms with Crippen molar-refractivity contribution < 1.29 is 4.79 Å². The van der Waals surface area contributed by atoms with Gasteiger partial charge in [0.05, 0.1) is 6.54 Å². The zero-order valence-electron chi connectivity index (χ0n) is 15.2. The van der Waals surface area contributed by atoms with Crippen molar-refractivity contribution in [3.05, 3.63) is 54.2 Å². The normalized spacial score (nSPS) is 20.3. The topological polar surface area (TPSA) is 76.8 Å². The molecule has 1 unspecified atom stereocenters. The summed E-state index contributed by atoms with van der Waals surface area (Å²) in [4.78, 5) is 25.8. The van der Waals surface area contributed by atoms with Gasteiger partial charge in [-0.15, -0.1) is 0 Å². The van der Waals surface area contributed by atoms with Gasteiger partial charge < -0.3 is 15.3 Å². The third kappa shape index (κ3) is 3.37. The lowest BCUT2D eigenvalue weighted by Crippen LogP contribution is -2.55. The smallest absolute Gasteiger partial charge is 0.251 e. The Hall–Kier alpha value is -2.60. The van der Waals surface area contributed by atoms with Crippen LogP contribution >= 0.6 is 0 Å². The molecule has 26 heavy (non-hydrogen) atoms. The van der Waals surface area contributed by atoms with Crippen LogP contribution < -0.4 is 5.32 Å². The second-order valence-electron chi connectivity index (χ2n) is 7.83. The highest BCUT2D eigenvalue weighted by atomic mass is 16.1. The fourth-order valence-corrected chi connectivity index (χ4v) is 3.90. The summed E-state index contributed by atoms with van der Waals surface area (Å²) in [6.07, 6.45) is 6.47. The van der Waals surface area contributed by atoms with E-state index in [1.54, 1.807) is 6.20 Å². The zero-order chi connectivity index (χ0) is 18.1. The molecule has 0 aliphatic carbocycles. The summed E-state index contributed by atoms with van der Waals surface area (Å²) in [6.45, 7) is 7.14. The van der Waals surface area contributed by atoms with E-state index in [4.69, 9.17) is 0 Å². The third-order valence-electron chi connectivity index (χ3n) is 5.36. The number of aromatic nitrogens is 3. The maximum Gasteiger partial charge on any atom is 0.251 e. The van der Waals surface area contributed by atoms with Crippen LogP contribution in [0.5, 0.6) is 0 Å². The van der Waals surface area contributed by atoms with Gasteiger partial charge in [0.15, 0.2) is 0 Å². The molecule has 1 aliphatic heterocycles. The van der Waals surface area contributed by atoms with Crippen molar-refractivity contribution in [3.63, 3.8) is 0 Å². The van der Waals surface area contributed by atoms with Crippen LogP contribution in [-0.2, 0) is 6.54 Å². The average Bonchev–Trinajstić information content (AvgIpc) is 3.27. The second kappa shape index (κ2) is 6.61. The van der Waals surface area contributed by atoms with Crippen LogP contribution in [0, 0.1) is 5.41 Å². The van der Waals surface area contributed by atoms with Gasteiger partial charge in [0.2, 0.25) is 0 Å².